The van der Waals surface area contributed by atoms with Crippen LogP contribution in [-0.4, -0.2) is 11.9 Å². The monoisotopic (exact) mass is 167 g/mol. The van der Waals surface area contributed by atoms with E-state index in [9.17, 15) is 4.79 Å². The highest BCUT2D eigenvalue weighted by atomic mass is 16.1. The number of primary amides is 1. The number of carbonyl (C=O) groups excluding carboxylic acids is 1. The van der Waals surface area contributed by atoms with Gasteiger partial charge in [0.2, 0.25) is 5.91 Å². The van der Waals surface area contributed by atoms with Crippen LogP contribution in [0.25, 0.3) is 0 Å². The predicted octanol–water partition coefficient (Wildman–Crippen LogP) is 0.101. The van der Waals surface area contributed by atoms with Crippen LogP contribution in [-0.2, 0) is 4.79 Å². The van der Waals surface area contributed by atoms with E-state index in [4.69, 9.17) is 11.0 Å². The van der Waals surface area contributed by atoms with Crippen LogP contribution in [0.2, 0.25) is 0 Å². The molecule has 0 bridgehead atoms. The first-order chi connectivity index (χ1) is 5.74. The summed E-state index contributed by atoms with van der Waals surface area (Å²) in [5.74, 6) is -0.174. The fourth-order valence-corrected chi connectivity index (χ4v) is 1.61. The number of hydrogen-bond acceptors (Lipinski definition) is 3. The molecule has 12 heavy (non-hydrogen) atoms. The molecule has 4 heteroatoms. The third kappa shape index (κ3) is 2.12. The molecule has 0 aromatic heterocycles. The molecule has 0 unspecified atom stereocenters. The Morgan fingerprint density at radius 2 is 2.00 bits per heavy atom. The molecule has 1 aliphatic carbocycles. The molecule has 0 spiro atoms. The number of nitrogens with one attached hydrogen (secondary N) is 1. The zero-order valence-electron chi connectivity index (χ0n) is 6.92. The minimum atomic E-state index is -0.203. The molecule has 0 saturated heterocycles. The predicted molar refractivity (Wildman–Crippen MR) is 43.7 cm³/mol. The van der Waals surface area contributed by atoms with E-state index < -0.39 is 0 Å². The van der Waals surface area contributed by atoms with Crippen molar-refractivity contribution in [2.24, 2.45) is 11.7 Å². The van der Waals surface area contributed by atoms with Crippen LogP contribution in [0.3, 0.4) is 0 Å². The van der Waals surface area contributed by atoms with Gasteiger partial charge in [-0.15, -0.1) is 0 Å². The van der Waals surface area contributed by atoms with Gasteiger partial charge in [-0.25, -0.2) is 0 Å². The third-order valence-electron chi connectivity index (χ3n) is 2.40. The molecule has 4 nitrogen and oxygen atoms in total. The summed E-state index contributed by atoms with van der Waals surface area (Å²) in [6.45, 7) is 0. The number of rotatable bonds is 2. The van der Waals surface area contributed by atoms with Gasteiger partial charge in [0.15, 0.2) is 6.19 Å². The van der Waals surface area contributed by atoms with Crippen molar-refractivity contribution in [3.8, 4) is 6.19 Å². The summed E-state index contributed by atoms with van der Waals surface area (Å²) in [5, 5.41) is 11.0. The molecule has 0 aliphatic heterocycles. The standard InChI is InChI=1S/C8H13N3O/c9-5-11-7-3-1-6(2-4-7)8(10)12/h6-7,11H,1-4H2,(H2,10,12). The van der Waals surface area contributed by atoms with Crippen molar-refractivity contribution in [1.82, 2.24) is 5.32 Å². The number of nitrogens with two attached hydrogens (primary N) is 1. The maximum absolute atomic E-state index is 10.8. The SMILES string of the molecule is N#CNC1CCC(C(N)=O)CC1. The molecule has 3 N–H and O–H groups in total. The third-order valence-corrected chi connectivity index (χ3v) is 2.40. The molecule has 1 amide bonds. The fraction of sp³-hybridized carbons (Fsp3) is 0.750. The van der Waals surface area contributed by atoms with Gasteiger partial charge in [0.25, 0.3) is 0 Å². The second-order valence-electron chi connectivity index (χ2n) is 3.21. The summed E-state index contributed by atoms with van der Waals surface area (Å²) in [6.07, 6.45) is 5.30. The first kappa shape index (κ1) is 8.85. The highest BCUT2D eigenvalue weighted by Crippen LogP contribution is 2.23. The minimum absolute atomic E-state index is 0.0294. The average molecular weight is 167 g/mol. The molecule has 1 rings (SSSR count). The number of nitriles is 1. The fourth-order valence-electron chi connectivity index (χ4n) is 1.61. The molecule has 0 heterocycles. The summed E-state index contributed by atoms with van der Waals surface area (Å²) >= 11 is 0. The van der Waals surface area contributed by atoms with E-state index in [1.165, 1.54) is 0 Å². The summed E-state index contributed by atoms with van der Waals surface area (Å²) in [5.41, 5.74) is 5.16. The number of hydrogen-bond donors (Lipinski definition) is 2. The highest BCUT2D eigenvalue weighted by molar-refractivity contribution is 5.76. The van der Waals surface area contributed by atoms with Gasteiger partial charge in [-0.05, 0) is 25.7 Å². The Morgan fingerprint density at radius 1 is 1.42 bits per heavy atom. The van der Waals surface area contributed by atoms with Crippen molar-refractivity contribution >= 4 is 5.91 Å². The lowest BCUT2D eigenvalue weighted by atomic mass is 9.86. The Morgan fingerprint density at radius 3 is 2.42 bits per heavy atom. The Balaban J connectivity index is 2.30. The second-order valence-corrected chi connectivity index (χ2v) is 3.21. The quantitative estimate of drug-likeness (QED) is 0.452. The van der Waals surface area contributed by atoms with Crippen LogP contribution < -0.4 is 11.1 Å². The van der Waals surface area contributed by atoms with Crippen LogP contribution in [0.1, 0.15) is 25.7 Å². The molecule has 1 fully saturated rings. The van der Waals surface area contributed by atoms with Gasteiger partial charge in [0.1, 0.15) is 0 Å². The second kappa shape index (κ2) is 3.96. The van der Waals surface area contributed by atoms with E-state index in [-0.39, 0.29) is 17.9 Å². The van der Waals surface area contributed by atoms with E-state index in [1.807, 2.05) is 6.19 Å². The molecule has 1 aliphatic rings. The zero-order chi connectivity index (χ0) is 8.97. The Bertz CT molecular complexity index is 201. The molecule has 0 radical (unpaired) electrons. The maximum Gasteiger partial charge on any atom is 0.220 e. The minimum Gasteiger partial charge on any atom is -0.369 e. The van der Waals surface area contributed by atoms with Crippen molar-refractivity contribution < 1.29 is 4.79 Å². The largest absolute Gasteiger partial charge is 0.369 e. The summed E-state index contributed by atoms with van der Waals surface area (Å²) < 4.78 is 0. The molecule has 0 atom stereocenters. The number of carbonyl (C=O) groups is 1. The zero-order valence-corrected chi connectivity index (χ0v) is 6.92. The van der Waals surface area contributed by atoms with Crippen molar-refractivity contribution in [3.63, 3.8) is 0 Å². The highest BCUT2D eigenvalue weighted by Gasteiger charge is 2.23. The molecule has 0 aromatic carbocycles. The van der Waals surface area contributed by atoms with E-state index in [0.717, 1.165) is 25.7 Å². The number of nitrogens with zero attached hydrogens (tertiary/aromatic N) is 1. The summed E-state index contributed by atoms with van der Waals surface area (Å²) in [4.78, 5) is 10.8. The van der Waals surface area contributed by atoms with Crippen LogP contribution in [0.15, 0.2) is 0 Å². The smallest absolute Gasteiger partial charge is 0.220 e. The molecular weight excluding hydrogens is 154 g/mol. The van der Waals surface area contributed by atoms with Gasteiger partial charge in [0.05, 0.1) is 0 Å². The Labute approximate surface area is 71.7 Å². The van der Waals surface area contributed by atoms with E-state index in [2.05, 4.69) is 5.32 Å². The maximum atomic E-state index is 10.8. The molecular formula is C8H13N3O. The van der Waals surface area contributed by atoms with E-state index in [0.29, 0.717) is 0 Å². The van der Waals surface area contributed by atoms with Crippen molar-refractivity contribution in [3.05, 3.63) is 0 Å². The summed E-state index contributed by atoms with van der Waals surface area (Å²) in [7, 11) is 0. The van der Waals surface area contributed by atoms with Gasteiger partial charge in [0, 0.05) is 12.0 Å². The van der Waals surface area contributed by atoms with Crippen molar-refractivity contribution in [1.29, 1.82) is 5.26 Å². The van der Waals surface area contributed by atoms with E-state index >= 15 is 0 Å². The van der Waals surface area contributed by atoms with Crippen LogP contribution >= 0.6 is 0 Å². The lowest BCUT2D eigenvalue weighted by Crippen LogP contribution is -2.34. The van der Waals surface area contributed by atoms with Crippen molar-refractivity contribution in [2.75, 3.05) is 0 Å². The first-order valence-corrected chi connectivity index (χ1v) is 4.18. The van der Waals surface area contributed by atoms with E-state index in [1.54, 1.807) is 0 Å². The van der Waals surface area contributed by atoms with Crippen LogP contribution in [0, 0.1) is 17.4 Å². The van der Waals surface area contributed by atoms with Gasteiger partial charge in [-0.3, -0.25) is 4.79 Å². The normalized spacial score (nSPS) is 28.9. The number of amides is 1. The average Bonchev–Trinajstić information content (AvgIpc) is 2.06. The molecule has 1 saturated carbocycles. The Hall–Kier alpha value is -1.24. The van der Waals surface area contributed by atoms with Crippen LogP contribution in [0.5, 0.6) is 0 Å². The lowest BCUT2D eigenvalue weighted by Gasteiger charge is -2.25. The van der Waals surface area contributed by atoms with Crippen molar-refractivity contribution in [2.45, 2.75) is 31.7 Å². The first-order valence-electron chi connectivity index (χ1n) is 4.18. The van der Waals surface area contributed by atoms with Gasteiger partial charge in [-0.2, -0.15) is 5.26 Å². The van der Waals surface area contributed by atoms with Gasteiger partial charge in [-0.1, -0.05) is 0 Å². The van der Waals surface area contributed by atoms with Crippen LogP contribution in [0.4, 0.5) is 0 Å². The van der Waals surface area contributed by atoms with Gasteiger partial charge < -0.3 is 11.1 Å². The summed E-state index contributed by atoms with van der Waals surface area (Å²) in [6, 6.07) is 0.255. The molecule has 66 valence electrons. The lowest BCUT2D eigenvalue weighted by molar-refractivity contribution is -0.122. The molecule has 0 aromatic rings. The van der Waals surface area contributed by atoms with Gasteiger partial charge >= 0.3 is 0 Å². The Kier molecular flexibility index (Phi) is 2.92. The topological polar surface area (TPSA) is 78.9 Å².